The number of carbonyl (C=O) groups is 1. The minimum atomic E-state index is -0.991. The largest absolute Gasteiger partial charge is 0.480 e. The van der Waals surface area contributed by atoms with Crippen LogP contribution >= 0.6 is 0 Å². The van der Waals surface area contributed by atoms with Gasteiger partial charge in [-0.05, 0) is 24.1 Å². The summed E-state index contributed by atoms with van der Waals surface area (Å²) in [7, 11) is 0. The lowest BCUT2D eigenvalue weighted by Crippen LogP contribution is -2.32. The monoisotopic (exact) mass is 266 g/mol. The van der Waals surface area contributed by atoms with Crippen molar-refractivity contribution >= 4 is 27.8 Å². The Hall–Kier alpha value is -2.46. The second-order valence-electron chi connectivity index (χ2n) is 4.77. The number of hydrogen-bond acceptors (Lipinski definition) is 3. The molecular formula is C16H14N2O2. The lowest BCUT2D eigenvalue weighted by atomic mass is 9.97. The normalized spacial score (nSPS) is 12.7. The molecule has 20 heavy (non-hydrogen) atoms. The molecule has 0 bridgehead atoms. The number of rotatable bonds is 3. The molecule has 0 spiro atoms. The van der Waals surface area contributed by atoms with E-state index in [1.807, 2.05) is 48.5 Å². The highest BCUT2D eigenvalue weighted by atomic mass is 16.4. The number of fused-ring (bicyclic) bond motifs is 2. The van der Waals surface area contributed by atoms with Crippen molar-refractivity contribution in [3.05, 3.63) is 54.1 Å². The highest BCUT2D eigenvalue weighted by Crippen LogP contribution is 2.26. The summed E-state index contributed by atoms with van der Waals surface area (Å²) in [5, 5.41) is 11.0. The van der Waals surface area contributed by atoms with Crippen LogP contribution in [0.25, 0.3) is 21.8 Å². The highest BCUT2D eigenvalue weighted by Gasteiger charge is 2.16. The molecule has 0 radical (unpaired) electrons. The van der Waals surface area contributed by atoms with Crippen molar-refractivity contribution in [2.75, 3.05) is 0 Å². The van der Waals surface area contributed by atoms with E-state index in [4.69, 9.17) is 10.8 Å². The number of nitrogens with zero attached hydrogens (tertiary/aromatic N) is 1. The van der Waals surface area contributed by atoms with E-state index in [-0.39, 0.29) is 0 Å². The maximum atomic E-state index is 11.0. The number of benzene rings is 2. The van der Waals surface area contributed by atoms with Gasteiger partial charge < -0.3 is 10.8 Å². The Labute approximate surface area is 115 Å². The SMILES string of the molecule is N[C@@H](Cc1c2ccccc2nc2ccccc12)C(=O)O. The van der Waals surface area contributed by atoms with Crippen molar-refractivity contribution in [3.8, 4) is 0 Å². The Balaban J connectivity index is 2.30. The lowest BCUT2D eigenvalue weighted by Gasteiger charge is -2.13. The molecule has 0 unspecified atom stereocenters. The summed E-state index contributed by atoms with van der Waals surface area (Å²) in [6.07, 6.45) is 0.291. The zero-order valence-corrected chi connectivity index (χ0v) is 10.8. The molecule has 100 valence electrons. The summed E-state index contributed by atoms with van der Waals surface area (Å²) in [6, 6.07) is 14.6. The van der Waals surface area contributed by atoms with E-state index in [0.717, 1.165) is 27.4 Å². The minimum Gasteiger partial charge on any atom is -0.480 e. The summed E-state index contributed by atoms with van der Waals surface area (Å²) in [4.78, 5) is 15.6. The minimum absolute atomic E-state index is 0.291. The third-order valence-electron chi connectivity index (χ3n) is 3.44. The number of nitrogens with two attached hydrogens (primary N) is 1. The molecule has 1 heterocycles. The Kier molecular flexibility index (Phi) is 3.08. The van der Waals surface area contributed by atoms with Crippen LogP contribution in [0.1, 0.15) is 5.56 Å². The molecule has 0 amide bonds. The van der Waals surface area contributed by atoms with Gasteiger partial charge in [-0.3, -0.25) is 4.79 Å². The van der Waals surface area contributed by atoms with Crippen molar-refractivity contribution in [1.29, 1.82) is 0 Å². The standard InChI is InChI=1S/C16H14N2O2/c17-13(16(19)20)9-12-10-5-1-3-7-14(10)18-15-8-4-2-6-11(12)15/h1-8,13H,9,17H2,(H,19,20)/t13-/m0/s1. The van der Waals surface area contributed by atoms with Gasteiger partial charge >= 0.3 is 5.97 Å². The fraction of sp³-hybridized carbons (Fsp3) is 0.125. The van der Waals surface area contributed by atoms with Gasteiger partial charge in [0.15, 0.2) is 0 Å². The van der Waals surface area contributed by atoms with Gasteiger partial charge in [-0.1, -0.05) is 36.4 Å². The van der Waals surface area contributed by atoms with Crippen molar-refractivity contribution in [2.45, 2.75) is 12.5 Å². The van der Waals surface area contributed by atoms with Crippen molar-refractivity contribution in [1.82, 2.24) is 4.98 Å². The van der Waals surface area contributed by atoms with E-state index in [2.05, 4.69) is 4.98 Å². The lowest BCUT2D eigenvalue weighted by molar-refractivity contribution is -0.138. The van der Waals surface area contributed by atoms with Crippen LogP contribution in [0, 0.1) is 0 Å². The second kappa shape index (κ2) is 4.90. The molecule has 0 aliphatic heterocycles. The molecule has 3 rings (SSSR count). The summed E-state index contributed by atoms with van der Waals surface area (Å²) in [5.74, 6) is -0.991. The second-order valence-corrected chi connectivity index (χ2v) is 4.77. The van der Waals surface area contributed by atoms with Crippen LogP contribution in [-0.2, 0) is 11.2 Å². The van der Waals surface area contributed by atoms with Crippen LogP contribution in [0.4, 0.5) is 0 Å². The number of carboxylic acid groups (broad SMARTS) is 1. The number of carboxylic acids is 1. The molecule has 0 saturated heterocycles. The molecular weight excluding hydrogens is 252 g/mol. The molecule has 3 N–H and O–H groups in total. The fourth-order valence-electron chi connectivity index (χ4n) is 2.45. The van der Waals surface area contributed by atoms with Gasteiger partial charge in [0.25, 0.3) is 0 Å². The molecule has 4 nitrogen and oxygen atoms in total. The van der Waals surface area contributed by atoms with Crippen molar-refractivity contribution in [3.63, 3.8) is 0 Å². The number of hydrogen-bond donors (Lipinski definition) is 2. The van der Waals surface area contributed by atoms with Gasteiger partial charge in [0, 0.05) is 10.8 Å². The predicted octanol–water partition coefficient (Wildman–Crippen LogP) is 2.34. The van der Waals surface area contributed by atoms with Gasteiger partial charge in [-0.2, -0.15) is 0 Å². The Morgan fingerprint density at radius 2 is 1.55 bits per heavy atom. The summed E-state index contributed by atoms with van der Waals surface area (Å²) < 4.78 is 0. The van der Waals surface area contributed by atoms with Gasteiger partial charge in [0.1, 0.15) is 6.04 Å². The Morgan fingerprint density at radius 1 is 1.05 bits per heavy atom. The summed E-state index contributed by atoms with van der Waals surface area (Å²) in [5.41, 5.74) is 8.38. The zero-order valence-electron chi connectivity index (χ0n) is 10.8. The van der Waals surface area contributed by atoms with E-state index in [1.54, 1.807) is 0 Å². The van der Waals surface area contributed by atoms with Gasteiger partial charge in [0.2, 0.25) is 0 Å². The third-order valence-corrected chi connectivity index (χ3v) is 3.44. The van der Waals surface area contributed by atoms with Crippen LogP contribution in [0.15, 0.2) is 48.5 Å². The maximum Gasteiger partial charge on any atom is 0.320 e. The van der Waals surface area contributed by atoms with E-state index in [9.17, 15) is 4.79 Å². The van der Waals surface area contributed by atoms with Crippen LogP contribution < -0.4 is 5.73 Å². The third kappa shape index (κ3) is 2.10. The molecule has 0 aliphatic rings. The van der Waals surface area contributed by atoms with Crippen LogP contribution in [-0.4, -0.2) is 22.1 Å². The molecule has 2 aromatic carbocycles. The first-order valence-corrected chi connectivity index (χ1v) is 6.41. The average Bonchev–Trinajstić information content (AvgIpc) is 2.46. The Bertz CT molecular complexity index is 745. The van der Waals surface area contributed by atoms with Gasteiger partial charge in [-0.15, -0.1) is 0 Å². The number of pyridine rings is 1. The number of para-hydroxylation sites is 2. The topological polar surface area (TPSA) is 76.2 Å². The first-order chi connectivity index (χ1) is 9.66. The van der Waals surface area contributed by atoms with Crippen molar-refractivity contribution < 1.29 is 9.90 Å². The smallest absolute Gasteiger partial charge is 0.320 e. The van der Waals surface area contributed by atoms with Crippen LogP contribution in [0.5, 0.6) is 0 Å². The number of aromatic nitrogens is 1. The van der Waals surface area contributed by atoms with Gasteiger partial charge in [0.05, 0.1) is 11.0 Å². The van der Waals surface area contributed by atoms with E-state index in [1.165, 1.54) is 0 Å². The highest BCUT2D eigenvalue weighted by molar-refractivity contribution is 5.97. The van der Waals surface area contributed by atoms with Crippen molar-refractivity contribution in [2.24, 2.45) is 5.73 Å². The predicted molar refractivity (Wildman–Crippen MR) is 78.6 cm³/mol. The van der Waals surface area contributed by atoms with Gasteiger partial charge in [-0.25, -0.2) is 4.98 Å². The molecule has 1 atom stereocenters. The quantitative estimate of drug-likeness (QED) is 0.713. The van der Waals surface area contributed by atoms with Crippen LogP contribution in [0.2, 0.25) is 0 Å². The molecule has 1 aromatic heterocycles. The first-order valence-electron chi connectivity index (χ1n) is 6.41. The first kappa shape index (κ1) is 12.6. The maximum absolute atomic E-state index is 11.0. The van der Waals surface area contributed by atoms with E-state index < -0.39 is 12.0 Å². The zero-order chi connectivity index (χ0) is 14.1. The summed E-state index contributed by atoms with van der Waals surface area (Å²) >= 11 is 0. The average molecular weight is 266 g/mol. The summed E-state index contributed by atoms with van der Waals surface area (Å²) in [6.45, 7) is 0. The van der Waals surface area contributed by atoms with Crippen LogP contribution in [0.3, 0.4) is 0 Å². The molecule has 3 aromatic rings. The fourth-order valence-corrected chi connectivity index (χ4v) is 2.45. The van der Waals surface area contributed by atoms with E-state index in [0.29, 0.717) is 6.42 Å². The Morgan fingerprint density at radius 3 is 2.05 bits per heavy atom. The van der Waals surface area contributed by atoms with E-state index >= 15 is 0 Å². The molecule has 0 saturated carbocycles. The molecule has 0 aliphatic carbocycles. The molecule has 4 heteroatoms. The number of aliphatic carboxylic acids is 1. The molecule has 0 fully saturated rings.